The van der Waals surface area contributed by atoms with Crippen molar-refractivity contribution in [2.75, 3.05) is 19.0 Å². The van der Waals surface area contributed by atoms with Gasteiger partial charge in [-0.3, -0.25) is 0 Å². The molecular formula is C12H15BrN2O5. The lowest BCUT2D eigenvalue weighted by atomic mass is 10.2. The second kappa shape index (κ2) is 7.71. The standard InChI is InChI=1S/C12H15BrN2O5/c1-20-10-3-2-7(13)6-9(10)15-12(19)14-8(4-5-16)11(17)18/h2-3,6,8,16H,4-5H2,1H3,(H,17,18)(H2,14,15,19)/t8-/m0/s1. The number of benzene rings is 1. The second-order valence-corrected chi connectivity index (χ2v) is 4.76. The number of nitrogens with one attached hydrogen (secondary N) is 2. The van der Waals surface area contributed by atoms with Crippen molar-refractivity contribution in [3.8, 4) is 5.75 Å². The van der Waals surface area contributed by atoms with E-state index in [4.69, 9.17) is 14.9 Å². The molecule has 20 heavy (non-hydrogen) atoms. The largest absolute Gasteiger partial charge is 0.495 e. The molecule has 0 unspecified atom stereocenters. The highest BCUT2D eigenvalue weighted by atomic mass is 79.9. The quantitative estimate of drug-likeness (QED) is 0.622. The molecule has 1 aromatic carbocycles. The zero-order valence-corrected chi connectivity index (χ0v) is 12.3. The van der Waals surface area contributed by atoms with E-state index < -0.39 is 18.0 Å². The lowest BCUT2D eigenvalue weighted by Crippen LogP contribution is -2.43. The van der Waals surface area contributed by atoms with Crippen molar-refractivity contribution in [2.24, 2.45) is 0 Å². The summed E-state index contributed by atoms with van der Waals surface area (Å²) in [6, 6.07) is 3.18. The van der Waals surface area contributed by atoms with Gasteiger partial charge < -0.3 is 25.6 Å². The summed E-state index contributed by atoms with van der Waals surface area (Å²) in [6.07, 6.45) is -0.0711. The Morgan fingerprint density at radius 2 is 2.15 bits per heavy atom. The Labute approximate surface area is 124 Å². The molecule has 0 spiro atoms. The van der Waals surface area contributed by atoms with Gasteiger partial charge in [0.2, 0.25) is 0 Å². The molecule has 0 radical (unpaired) electrons. The molecule has 0 bridgehead atoms. The Hall–Kier alpha value is -1.80. The molecule has 0 aromatic heterocycles. The van der Waals surface area contributed by atoms with Gasteiger partial charge in [0, 0.05) is 17.5 Å². The van der Waals surface area contributed by atoms with Crippen LogP contribution < -0.4 is 15.4 Å². The molecule has 0 heterocycles. The fraction of sp³-hybridized carbons (Fsp3) is 0.333. The van der Waals surface area contributed by atoms with Crippen LogP contribution in [0.2, 0.25) is 0 Å². The highest BCUT2D eigenvalue weighted by Crippen LogP contribution is 2.27. The van der Waals surface area contributed by atoms with Gasteiger partial charge in [0.1, 0.15) is 11.8 Å². The Balaban J connectivity index is 2.75. The first-order valence-electron chi connectivity index (χ1n) is 5.72. The van der Waals surface area contributed by atoms with Crippen LogP contribution in [0.3, 0.4) is 0 Å². The molecule has 7 nitrogen and oxygen atoms in total. The summed E-state index contributed by atoms with van der Waals surface area (Å²) in [7, 11) is 1.46. The molecule has 110 valence electrons. The molecular weight excluding hydrogens is 332 g/mol. The Morgan fingerprint density at radius 1 is 1.45 bits per heavy atom. The van der Waals surface area contributed by atoms with Crippen molar-refractivity contribution in [1.29, 1.82) is 0 Å². The van der Waals surface area contributed by atoms with E-state index in [1.54, 1.807) is 18.2 Å². The number of rotatable bonds is 6. The van der Waals surface area contributed by atoms with Gasteiger partial charge in [-0.2, -0.15) is 0 Å². The molecule has 0 saturated carbocycles. The molecule has 1 rings (SSSR count). The number of aliphatic hydroxyl groups is 1. The number of halogens is 1. The predicted octanol–water partition coefficient (Wildman–Crippen LogP) is 1.41. The molecule has 1 aromatic rings. The van der Waals surface area contributed by atoms with Crippen LogP contribution in [0.5, 0.6) is 5.75 Å². The number of amides is 2. The van der Waals surface area contributed by atoms with Crippen molar-refractivity contribution in [3.63, 3.8) is 0 Å². The van der Waals surface area contributed by atoms with E-state index >= 15 is 0 Å². The van der Waals surface area contributed by atoms with Crippen LogP contribution in [0.1, 0.15) is 6.42 Å². The lowest BCUT2D eigenvalue weighted by molar-refractivity contribution is -0.139. The van der Waals surface area contributed by atoms with Crippen LogP contribution in [-0.4, -0.2) is 42.0 Å². The molecule has 4 N–H and O–H groups in total. The van der Waals surface area contributed by atoms with Gasteiger partial charge in [-0.25, -0.2) is 9.59 Å². The Bertz CT molecular complexity index is 495. The Morgan fingerprint density at radius 3 is 2.70 bits per heavy atom. The van der Waals surface area contributed by atoms with Crippen molar-refractivity contribution in [3.05, 3.63) is 22.7 Å². The van der Waals surface area contributed by atoms with Crippen LogP contribution in [-0.2, 0) is 4.79 Å². The van der Waals surface area contributed by atoms with E-state index in [2.05, 4.69) is 26.6 Å². The van der Waals surface area contributed by atoms with Gasteiger partial charge in [0.05, 0.1) is 12.8 Å². The number of methoxy groups -OCH3 is 1. The van der Waals surface area contributed by atoms with Gasteiger partial charge in [0.25, 0.3) is 0 Å². The lowest BCUT2D eigenvalue weighted by Gasteiger charge is -2.15. The SMILES string of the molecule is COc1ccc(Br)cc1NC(=O)N[C@@H](CCO)C(=O)O. The number of aliphatic hydroxyl groups excluding tert-OH is 1. The molecule has 0 aliphatic carbocycles. The van der Waals surface area contributed by atoms with Gasteiger partial charge in [-0.15, -0.1) is 0 Å². The second-order valence-electron chi connectivity index (χ2n) is 3.85. The third-order valence-corrected chi connectivity index (χ3v) is 2.92. The fourth-order valence-electron chi connectivity index (χ4n) is 1.48. The summed E-state index contributed by atoms with van der Waals surface area (Å²) in [6.45, 7) is -0.336. The minimum Gasteiger partial charge on any atom is -0.495 e. The topological polar surface area (TPSA) is 108 Å². The molecule has 8 heteroatoms. The molecule has 0 aliphatic heterocycles. The molecule has 2 amide bonds. The Kier molecular flexibility index (Phi) is 6.26. The number of carboxylic acid groups (broad SMARTS) is 1. The number of urea groups is 1. The maximum Gasteiger partial charge on any atom is 0.326 e. The van der Waals surface area contributed by atoms with E-state index in [1.807, 2.05) is 0 Å². The van der Waals surface area contributed by atoms with Crippen molar-refractivity contribution in [2.45, 2.75) is 12.5 Å². The summed E-state index contributed by atoms with van der Waals surface area (Å²) >= 11 is 3.26. The first kappa shape index (κ1) is 16.3. The van der Waals surface area contributed by atoms with Crippen LogP contribution in [0, 0.1) is 0 Å². The molecule has 0 fully saturated rings. The number of ether oxygens (including phenoxy) is 1. The number of carboxylic acids is 1. The van der Waals surface area contributed by atoms with Gasteiger partial charge in [-0.05, 0) is 18.2 Å². The van der Waals surface area contributed by atoms with Gasteiger partial charge in [-0.1, -0.05) is 15.9 Å². The number of aliphatic carboxylic acids is 1. The van der Waals surface area contributed by atoms with E-state index in [1.165, 1.54) is 7.11 Å². The van der Waals surface area contributed by atoms with Crippen LogP contribution in [0.15, 0.2) is 22.7 Å². The average molecular weight is 347 g/mol. The summed E-state index contributed by atoms with van der Waals surface area (Å²) in [5.41, 5.74) is 0.396. The number of carbonyl (C=O) groups excluding carboxylic acids is 1. The highest BCUT2D eigenvalue weighted by molar-refractivity contribution is 9.10. The highest BCUT2D eigenvalue weighted by Gasteiger charge is 2.19. The molecule has 0 aliphatic rings. The van der Waals surface area contributed by atoms with E-state index in [-0.39, 0.29) is 13.0 Å². The first-order valence-corrected chi connectivity index (χ1v) is 6.52. The predicted molar refractivity (Wildman–Crippen MR) is 76.0 cm³/mol. The van der Waals surface area contributed by atoms with E-state index in [9.17, 15) is 9.59 Å². The van der Waals surface area contributed by atoms with Crippen molar-refractivity contribution >= 4 is 33.6 Å². The average Bonchev–Trinajstić information content (AvgIpc) is 2.38. The minimum atomic E-state index is -1.21. The number of anilines is 1. The third kappa shape index (κ3) is 4.71. The maximum absolute atomic E-state index is 11.7. The number of hydrogen-bond donors (Lipinski definition) is 4. The zero-order chi connectivity index (χ0) is 15.1. The number of hydrogen-bond acceptors (Lipinski definition) is 4. The smallest absolute Gasteiger partial charge is 0.326 e. The molecule has 1 atom stereocenters. The van der Waals surface area contributed by atoms with Crippen LogP contribution in [0.4, 0.5) is 10.5 Å². The summed E-state index contributed by atoms with van der Waals surface area (Å²) in [5.74, 6) is -0.771. The van der Waals surface area contributed by atoms with Crippen LogP contribution in [0.25, 0.3) is 0 Å². The fourth-order valence-corrected chi connectivity index (χ4v) is 1.84. The van der Waals surface area contributed by atoms with Crippen molar-refractivity contribution in [1.82, 2.24) is 5.32 Å². The third-order valence-electron chi connectivity index (χ3n) is 2.43. The first-order chi connectivity index (χ1) is 9.47. The number of carbonyl (C=O) groups is 2. The van der Waals surface area contributed by atoms with Crippen LogP contribution >= 0.6 is 15.9 Å². The maximum atomic E-state index is 11.7. The minimum absolute atomic E-state index is 0.0711. The van der Waals surface area contributed by atoms with Gasteiger partial charge in [0.15, 0.2) is 0 Å². The summed E-state index contributed by atoms with van der Waals surface area (Å²) in [5, 5.41) is 22.4. The summed E-state index contributed by atoms with van der Waals surface area (Å²) in [4.78, 5) is 22.6. The van der Waals surface area contributed by atoms with E-state index in [0.29, 0.717) is 11.4 Å². The van der Waals surface area contributed by atoms with Gasteiger partial charge >= 0.3 is 12.0 Å². The van der Waals surface area contributed by atoms with E-state index in [0.717, 1.165) is 4.47 Å². The monoisotopic (exact) mass is 346 g/mol. The molecule has 0 saturated heterocycles. The summed E-state index contributed by atoms with van der Waals surface area (Å²) < 4.78 is 5.82. The van der Waals surface area contributed by atoms with Crippen molar-refractivity contribution < 1.29 is 24.5 Å². The normalized spacial score (nSPS) is 11.6. The zero-order valence-electron chi connectivity index (χ0n) is 10.7.